The molecule has 2 aliphatic rings. The number of aromatic nitrogens is 2. The first-order chi connectivity index (χ1) is 15.2. The molecule has 0 radical (unpaired) electrons. The van der Waals surface area contributed by atoms with Gasteiger partial charge in [0.15, 0.2) is 0 Å². The Labute approximate surface area is 191 Å². The Morgan fingerprint density at radius 1 is 0.742 bits per heavy atom. The van der Waals surface area contributed by atoms with Gasteiger partial charge in [0.25, 0.3) is 0 Å². The zero-order chi connectivity index (χ0) is 21.9. The van der Waals surface area contributed by atoms with E-state index in [-0.39, 0.29) is 5.92 Å². The van der Waals surface area contributed by atoms with Gasteiger partial charge in [-0.3, -0.25) is 0 Å². The maximum Gasteiger partial charge on any atom is 0.108 e. The number of nitrogens with zero attached hydrogens (tertiary/aromatic N) is 2. The van der Waals surface area contributed by atoms with Crippen LogP contribution in [0.3, 0.4) is 0 Å². The number of hydrogen-bond donors (Lipinski definition) is 0. The third-order valence-corrected chi connectivity index (χ3v) is 8.27. The Morgan fingerprint density at radius 3 is 1.94 bits per heavy atom. The minimum atomic E-state index is -0.754. The molecule has 2 aliphatic carbocycles. The first-order valence-corrected chi connectivity index (χ1v) is 13.6. The van der Waals surface area contributed by atoms with Crippen molar-refractivity contribution in [3.05, 3.63) is 23.5 Å². The minimum Gasteiger partial charge on any atom is -0.247 e. The fourth-order valence-electron chi connectivity index (χ4n) is 6.09. The molecule has 31 heavy (non-hydrogen) atoms. The molecule has 0 bridgehead atoms. The summed E-state index contributed by atoms with van der Waals surface area (Å²) in [5.41, 5.74) is 1.92. The fourth-order valence-corrected chi connectivity index (χ4v) is 6.09. The summed E-state index contributed by atoms with van der Waals surface area (Å²) in [6.07, 6.45) is 20.3. The molecule has 1 aromatic heterocycles. The molecule has 2 nitrogen and oxygen atoms in total. The van der Waals surface area contributed by atoms with Crippen LogP contribution >= 0.6 is 0 Å². The molecule has 1 heterocycles. The van der Waals surface area contributed by atoms with Crippen LogP contribution in [0.25, 0.3) is 0 Å². The lowest BCUT2D eigenvalue weighted by molar-refractivity contribution is 0.151. The molecule has 2 fully saturated rings. The van der Waals surface area contributed by atoms with Crippen LogP contribution in [0.4, 0.5) is 4.39 Å². The Hall–Kier alpha value is -0.990. The molecular weight excluding hydrogens is 383 g/mol. The molecule has 176 valence electrons. The molecule has 3 rings (SSSR count). The second-order valence-electron chi connectivity index (χ2n) is 10.7. The third kappa shape index (κ3) is 8.46. The van der Waals surface area contributed by atoms with Gasteiger partial charge in [-0.15, -0.1) is 0 Å². The van der Waals surface area contributed by atoms with Crippen LogP contribution in [-0.2, 0) is 12.8 Å². The Kier molecular flexibility index (Phi) is 10.8. The van der Waals surface area contributed by atoms with Crippen LogP contribution < -0.4 is 0 Å². The standard InChI is InChI=1S/C28H47FN2/c1-3-5-6-8-23-9-11-24(12-10-23)15-18-26-19-20-27(31-30-26)21-28(29)25-16-13-22(7-4-2)14-17-25/h19-20,22-25,28H,3-18,21H2,1-2H3. The second kappa shape index (κ2) is 13.5. The molecule has 0 N–H and O–H groups in total. The molecule has 0 aliphatic heterocycles. The van der Waals surface area contributed by atoms with E-state index in [4.69, 9.17) is 0 Å². The van der Waals surface area contributed by atoms with E-state index in [0.29, 0.717) is 6.42 Å². The van der Waals surface area contributed by atoms with Crippen molar-refractivity contribution in [1.82, 2.24) is 10.2 Å². The van der Waals surface area contributed by atoms with E-state index < -0.39 is 6.17 Å². The van der Waals surface area contributed by atoms with Crippen LogP contribution in [0.1, 0.15) is 122 Å². The molecule has 3 heteroatoms. The second-order valence-corrected chi connectivity index (χ2v) is 10.7. The minimum absolute atomic E-state index is 0.228. The number of rotatable bonds is 12. The highest BCUT2D eigenvalue weighted by Gasteiger charge is 2.27. The van der Waals surface area contributed by atoms with Gasteiger partial charge < -0.3 is 0 Å². The molecule has 0 amide bonds. The van der Waals surface area contributed by atoms with E-state index >= 15 is 0 Å². The summed E-state index contributed by atoms with van der Waals surface area (Å²) in [7, 11) is 0. The highest BCUT2D eigenvalue weighted by molar-refractivity contribution is 5.08. The van der Waals surface area contributed by atoms with Crippen LogP contribution in [0, 0.1) is 23.7 Å². The maximum absolute atomic E-state index is 14.8. The summed E-state index contributed by atoms with van der Waals surface area (Å²) >= 11 is 0. The maximum atomic E-state index is 14.8. The number of unbranched alkanes of at least 4 members (excludes halogenated alkanes) is 2. The van der Waals surface area contributed by atoms with Crippen molar-refractivity contribution in [3.63, 3.8) is 0 Å². The molecule has 0 saturated heterocycles. The Balaban J connectivity index is 1.33. The highest BCUT2D eigenvalue weighted by Crippen LogP contribution is 2.36. The lowest BCUT2D eigenvalue weighted by Crippen LogP contribution is -2.25. The topological polar surface area (TPSA) is 25.8 Å². The van der Waals surface area contributed by atoms with Gasteiger partial charge in [-0.1, -0.05) is 90.9 Å². The van der Waals surface area contributed by atoms with Crippen LogP contribution in [0.2, 0.25) is 0 Å². The third-order valence-electron chi connectivity index (χ3n) is 8.27. The molecule has 1 aromatic rings. The van der Waals surface area contributed by atoms with E-state index in [1.165, 1.54) is 83.5 Å². The normalized spacial score (nSPS) is 27.8. The zero-order valence-electron chi connectivity index (χ0n) is 20.3. The van der Waals surface area contributed by atoms with Crippen molar-refractivity contribution < 1.29 is 4.39 Å². The quantitative estimate of drug-likeness (QED) is 0.312. The molecule has 2 saturated carbocycles. The molecule has 1 atom stereocenters. The molecule has 1 unspecified atom stereocenters. The summed E-state index contributed by atoms with van der Waals surface area (Å²) in [5, 5.41) is 8.83. The summed E-state index contributed by atoms with van der Waals surface area (Å²) in [6, 6.07) is 4.13. The van der Waals surface area contributed by atoms with Gasteiger partial charge >= 0.3 is 0 Å². The van der Waals surface area contributed by atoms with Crippen molar-refractivity contribution in [2.24, 2.45) is 23.7 Å². The van der Waals surface area contributed by atoms with Gasteiger partial charge in [-0.25, -0.2) is 4.39 Å². The van der Waals surface area contributed by atoms with E-state index in [2.05, 4.69) is 30.1 Å². The molecular formula is C28H47FN2. The van der Waals surface area contributed by atoms with E-state index in [0.717, 1.165) is 48.4 Å². The molecule has 0 spiro atoms. The zero-order valence-corrected chi connectivity index (χ0v) is 20.3. The van der Waals surface area contributed by atoms with Crippen LogP contribution in [-0.4, -0.2) is 16.4 Å². The van der Waals surface area contributed by atoms with Crippen molar-refractivity contribution in [1.29, 1.82) is 0 Å². The average molecular weight is 431 g/mol. The summed E-state index contributed by atoms with van der Waals surface area (Å²) in [5.74, 6) is 2.91. The van der Waals surface area contributed by atoms with Crippen molar-refractivity contribution in [3.8, 4) is 0 Å². The van der Waals surface area contributed by atoms with Crippen molar-refractivity contribution >= 4 is 0 Å². The van der Waals surface area contributed by atoms with Crippen LogP contribution in [0.15, 0.2) is 12.1 Å². The molecule has 0 aromatic carbocycles. The van der Waals surface area contributed by atoms with Gasteiger partial charge in [-0.05, 0) is 61.5 Å². The average Bonchev–Trinajstić information content (AvgIpc) is 2.80. The first kappa shape index (κ1) is 24.6. The Morgan fingerprint density at radius 2 is 1.32 bits per heavy atom. The predicted octanol–water partition coefficient (Wildman–Crippen LogP) is 8.28. The smallest absolute Gasteiger partial charge is 0.108 e. The van der Waals surface area contributed by atoms with Crippen LogP contribution in [0.5, 0.6) is 0 Å². The Bertz CT molecular complexity index is 586. The largest absolute Gasteiger partial charge is 0.247 e. The highest BCUT2D eigenvalue weighted by atomic mass is 19.1. The number of aryl methyl sites for hydroxylation is 1. The van der Waals surface area contributed by atoms with Gasteiger partial charge in [0.05, 0.1) is 11.4 Å². The first-order valence-electron chi connectivity index (χ1n) is 13.6. The predicted molar refractivity (Wildman–Crippen MR) is 129 cm³/mol. The lowest BCUT2D eigenvalue weighted by atomic mass is 9.77. The monoisotopic (exact) mass is 430 g/mol. The van der Waals surface area contributed by atoms with E-state index in [1.54, 1.807) is 0 Å². The van der Waals surface area contributed by atoms with E-state index in [1.807, 2.05) is 6.07 Å². The number of halogens is 1. The van der Waals surface area contributed by atoms with Gasteiger partial charge in [0.1, 0.15) is 6.17 Å². The van der Waals surface area contributed by atoms with E-state index in [9.17, 15) is 4.39 Å². The number of hydrogen-bond acceptors (Lipinski definition) is 2. The van der Waals surface area contributed by atoms with Crippen molar-refractivity contribution in [2.75, 3.05) is 0 Å². The van der Waals surface area contributed by atoms with Crippen molar-refractivity contribution in [2.45, 2.75) is 129 Å². The summed E-state index contributed by atoms with van der Waals surface area (Å²) in [4.78, 5) is 0. The van der Waals surface area contributed by atoms with Gasteiger partial charge in [0.2, 0.25) is 0 Å². The number of alkyl halides is 1. The summed E-state index contributed by atoms with van der Waals surface area (Å²) < 4.78 is 14.8. The fraction of sp³-hybridized carbons (Fsp3) is 0.857. The van der Waals surface area contributed by atoms with Gasteiger partial charge in [-0.2, -0.15) is 10.2 Å². The van der Waals surface area contributed by atoms with Gasteiger partial charge in [0, 0.05) is 6.42 Å². The summed E-state index contributed by atoms with van der Waals surface area (Å²) in [6.45, 7) is 4.55. The lowest BCUT2D eigenvalue weighted by Gasteiger charge is -2.30. The SMILES string of the molecule is CCCCCC1CCC(CCc2ccc(CC(F)C3CCC(CCC)CC3)nn2)CC1.